The molecule has 3 N–H and O–H groups in total. The van der Waals surface area contributed by atoms with Gasteiger partial charge in [-0.25, -0.2) is 9.59 Å². The van der Waals surface area contributed by atoms with Gasteiger partial charge in [0.15, 0.2) is 0 Å². The molecule has 0 aliphatic carbocycles. The van der Waals surface area contributed by atoms with E-state index < -0.39 is 64.1 Å². The highest BCUT2D eigenvalue weighted by atomic mass is 16.6. The summed E-state index contributed by atoms with van der Waals surface area (Å²) in [6.45, 7) is 19.3. The standard InChI is InChI=1S/C28H36N2O6.C21H30N2O6.C2H6/c1-6-10-23(24(31)34-5)28(29-26(33)36-27(2,3)4)17-18-30(25(28)32)21-13-15-22(16-14-21)35-19-20-11-8-7-9-12-20;1-6-7-16(17(25)28-5)21(22-19(27)29-20(2,3)4)12-13-23(18(21)26)14-8-10-15(24)11-9-14;1-2/h7-9,11-16,23H,6,10,17-19H2,1-5H3,(H,29,33);8-11,16,24H,6-7,12-13H2,1-5H3,(H,22,27);1-2H3/t23?,28-;16?,21-;/m11./s1. The first-order chi connectivity index (χ1) is 31.6. The van der Waals surface area contributed by atoms with E-state index in [0.29, 0.717) is 62.5 Å². The fourth-order valence-corrected chi connectivity index (χ4v) is 8.08. The van der Waals surface area contributed by atoms with Gasteiger partial charge in [0.1, 0.15) is 40.4 Å². The molecule has 368 valence electrons. The molecule has 2 aliphatic rings. The second-order valence-electron chi connectivity index (χ2n) is 18.1. The molecule has 2 unspecified atom stereocenters. The molecule has 16 nitrogen and oxygen atoms in total. The lowest BCUT2D eigenvalue weighted by molar-refractivity contribution is -0.152. The lowest BCUT2D eigenvalue weighted by Gasteiger charge is -2.35. The van der Waals surface area contributed by atoms with Crippen molar-refractivity contribution in [1.29, 1.82) is 0 Å². The number of nitrogens with one attached hydrogen (secondary N) is 2. The third-order valence-electron chi connectivity index (χ3n) is 11.0. The van der Waals surface area contributed by atoms with Crippen LogP contribution in [0.3, 0.4) is 0 Å². The predicted molar refractivity (Wildman–Crippen MR) is 256 cm³/mol. The van der Waals surface area contributed by atoms with Crippen LogP contribution in [0.5, 0.6) is 11.5 Å². The van der Waals surface area contributed by atoms with E-state index in [1.54, 1.807) is 82.8 Å². The fourth-order valence-electron chi connectivity index (χ4n) is 8.08. The number of phenolic OH excluding ortho intramolecular Hbond substituents is 1. The number of hydrogen-bond donors (Lipinski definition) is 3. The summed E-state index contributed by atoms with van der Waals surface area (Å²) in [6, 6.07) is 23.2. The van der Waals surface area contributed by atoms with Crippen LogP contribution < -0.4 is 25.2 Å². The number of anilines is 2. The predicted octanol–water partition coefficient (Wildman–Crippen LogP) is 8.86. The average molecular weight is 933 g/mol. The van der Waals surface area contributed by atoms with E-state index in [2.05, 4.69) is 10.6 Å². The molecule has 3 aromatic carbocycles. The summed E-state index contributed by atoms with van der Waals surface area (Å²) < 4.78 is 26.7. The first kappa shape index (κ1) is 55.0. The summed E-state index contributed by atoms with van der Waals surface area (Å²) in [7, 11) is 2.56. The summed E-state index contributed by atoms with van der Waals surface area (Å²) >= 11 is 0. The second-order valence-corrected chi connectivity index (χ2v) is 18.1. The topological polar surface area (TPSA) is 199 Å². The van der Waals surface area contributed by atoms with Crippen molar-refractivity contribution >= 4 is 47.3 Å². The average Bonchev–Trinajstić information content (AvgIpc) is 3.78. The number of alkyl carbamates (subject to hydrolysis) is 2. The molecule has 0 spiro atoms. The van der Waals surface area contributed by atoms with E-state index in [0.717, 1.165) is 5.56 Å². The minimum atomic E-state index is -1.47. The molecule has 67 heavy (non-hydrogen) atoms. The number of methoxy groups -OCH3 is 2. The van der Waals surface area contributed by atoms with Gasteiger partial charge in [-0.1, -0.05) is 70.9 Å². The van der Waals surface area contributed by atoms with Crippen molar-refractivity contribution in [2.24, 2.45) is 11.8 Å². The monoisotopic (exact) mass is 933 g/mol. The third-order valence-corrected chi connectivity index (χ3v) is 11.0. The van der Waals surface area contributed by atoms with E-state index in [9.17, 15) is 33.9 Å². The normalized spacial score (nSPS) is 18.8. The molecule has 0 radical (unpaired) electrons. The number of carbonyl (C=O) groups is 6. The molecule has 2 fully saturated rings. The molecule has 0 bridgehead atoms. The first-order valence-electron chi connectivity index (χ1n) is 23.0. The van der Waals surface area contributed by atoms with Crippen molar-refractivity contribution < 1.29 is 57.6 Å². The number of aromatic hydroxyl groups is 1. The van der Waals surface area contributed by atoms with E-state index in [4.69, 9.17) is 23.7 Å². The molecule has 5 rings (SSSR count). The van der Waals surface area contributed by atoms with Crippen molar-refractivity contribution in [3.05, 3.63) is 84.4 Å². The maximum Gasteiger partial charge on any atom is 0.408 e. The van der Waals surface area contributed by atoms with E-state index in [1.807, 2.05) is 58.0 Å². The summed E-state index contributed by atoms with van der Waals surface area (Å²) in [5.74, 6) is -2.79. The fraction of sp³-hybridized carbons (Fsp3) is 0.529. The van der Waals surface area contributed by atoms with Crippen LogP contribution in [0.1, 0.15) is 113 Å². The third kappa shape index (κ3) is 14.6. The Morgan fingerprint density at radius 2 is 1.03 bits per heavy atom. The van der Waals surface area contributed by atoms with Gasteiger partial charge in [0.25, 0.3) is 11.8 Å². The van der Waals surface area contributed by atoms with Gasteiger partial charge < -0.3 is 49.2 Å². The van der Waals surface area contributed by atoms with E-state index >= 15 is 0 Å². The Hall–Kier alpha value is -6.32. The summed E-state index contributed by atoms with van der Waals surface area (Å²) in [4.78, 5) is 81.2. The van der Waals surface area contributed by atoms with Gasteiger partial charge in [0.05, 0.1) is 26.1 Å². The number of amides is 4. The Morgan fingerprint density at radius 1 is 0.642 bits per heavy atom. The molecule has 0 aromatic heterocycles. The SMILES string of the molecule is CC.CCCC(C(=O)OC)[C@]1(NC(=O)OC(C)(C)C)CCN(c2ccc(O)cc2)C1=O.CCCC(C(=O)OC)[C@]1(NC(=O)OC(C)(C)C)CCN(c2ccc(OCc3ccccc3)cc2)C1=O. The number of ether oxygens (including phenoxy) is 5. The molecular weight excluding hydrogens is 861 g/mol. The number of nitrogens with zero attached hydrogens (tertiary/aromatic N) is 2. The van der Waals surface area contributed by atoms with Gasteiger partial charge in [0.2, 0.25) is 0 Å². The maximum absolute atomic E-state index is 13.9. The molecule has 3 aromatic rings. The molecule has 0 saturated carbocycles. The van der Waals surface area contributed by atoms with Crippen LogP contribution >= 0.6 is 0 Å². The quantitative estimate of drug-likeness (QED) is 0.0968. The van der Waals surface area contributed by atoms with Gasteiger partial charge in [-0.05, 0) is 121 Å². The minimum Gasteiger partial charge on any atom is -0.508 e. The van der Waals surface area contributed by atoms with Gasteiger partial charge in [0, 0.05) is 24.5 Å². The van der Waals surface area contributed by atoms with Crippen molar-refractivity contribution in [1.82, 2.24) is 10.6 Å². The summed E-state index contributed by atoms with van der Waals surface area (Å²) in [5.41, 5.74) is -2.17. The molecule has 4 amide bonds. The highest BCUT2D eigenvalue weighted by Gasteiger charge is 2.58. The van der Waals surface area contributed by atoms with Crippen LogP contribution in [0.15, 0.2) is 78.9 Å². The molecule has 2 aliphatic heterocycles. The number of benzene rings is 3. The van der Waals surface area contributed by atoms with Crippen LogP contribution in [-0.2, 0) is 44.7 Å². The van der Waals surface area contributed by atoms with Crippen LogP contribution in [-0.4, -0.2) is 90.6 Å². The van der Waals surface area contributed by atoms with Crippen LogP contribution in [0.4, 0.5) is 21.0 Å². The van der Waals surface area contributed by atoms with E-state index in [-0.39, 0.29) is 24.5 Å². The van der Waals surface area contributed by atoms with Crippen molar-refractivity contribution in [2.45, 2.75) is 137 Å². The second kappa shape index (κ2) is 24.4. The Morgan fingerprint density at radius 3 is 1.39 bits per heavy atom. The van der Waals surface area contributed by atoms with Gasteiger partial charge in [-0.3, -0.25) is 19.2 Å². The van der Waals surface area contributed by atoms with Crippen LogP contribution in [0, 0.1) is 11.8 Å². The van der Waals surface area contributed by atoms with Gasteiger partial charge >= 0.3 is 24.1 Å². The van der Waals surface area contributed by atoms with Gasteiger partial charge in [-0.15, -0.1) is 0 Å². The smallest absolute Gasteiger partial charge is 0.408 e. The Bertz CT molecular complexity index is 2100. The lowest BCUT2D eigenvalue weighted by Crippen LogP contribution is -2.61. The highest BCUT2D eigenvalue weighted by molar-refractivity contribution is 6.08. The summed E-state index contributed by atoms with van der Waals surface area (Å²) in [6.07, 6.45) is 0.993. The van der Waals surface area contributed by atoms with Crippen molar-refractivity contribution in [3.8, 4) is 11.5 Å². The zero-order valence-corrected chi connectivity index (χ0v) is 41.4. The molecule has 16 heteroatoms. The number of hydrogen-bond acceptors (Lipinski definition) is 12. The highest BCUT2D eigenvalue weighted by Crippen LogP contribution is 2.39. The van der Waals surface area contributed by atoms with Gasteiger partial charge in [-0.2, -0.15) is 0 Å². The zero-order chi connectivity index (χ0) is 50.2. The molecule has 2 saturated heterocycles. The van der Waals surface area contributed by atoms with Crippen LogP contribution in [0.2, 0.25) is 0 Å². The zero-order valence-electron chi connectivity index (χ0n) is 41.4. The molecule has 2 heterocycles. The van der Waals surface area contributed by atoms with Crippen molar-refractivity contribution in [3.63, 3.8) is 0 Å². The molecular formula is C51H72N4O12. The van der Waals surface area contributed by atoms with Crippen LogP contribution in [0.25, 0.3) is 0 Å². The lowest BCUT2D eigenvalue weighted by atomic mass is 9.79. The van der Waals surface area contributed by atoms with Crippen molar-refractivity contribution in [2.75, 3.05) is 37.1 Å². The Labute approximate surface area is 396 Å². The molecule has 4 atom stereocenters. The largest absolute Gasteiger partial charge is 0.508 e. The number of esters is 2. The van der Waals surface area contributed by atoms with E-state index in [1.165, 1.54) is 31.3 Å². The number of rotatable bonds is 15. The minimum absolute atomic E-state index is 0.0805. The number of phenols is 1. The first-order valence-corrected chi connectivity index (χ1v) is 23.0. The summed E-state index contributed by atoms with van der Waals surface area (Å²) in [5, 5.41) is 15.0. The Balaban J connectivity index is 0.000000350. The Kier molecular flexibility index (Phi) is 20.1. The number of carbonyl (C=O) groups excluding carboxylic acids is 6. The maximum atomic E-state index is 13.9.